The molecule has 0 amide bonds. The number of hydrogen-bond acceptors (Lipinski definition) is 3. The normalized spacial score (nSPS) is 31.2. The molecule has 1 saturated carbocycles. The first kappa shape index (κ1) is 11.0. The van der Waals surface area contributed by atoms with Crippen LogP contribution in [0.1, 0.15) is 26.2 Å². The largest absolute Gasteiger partial charge is 0.328 e. The average molecular weight is 185 g/mol. The Kier molecular flexibility index (Phi) is 4.16. The summed E-state index contributed by atoms with van der Waals surface area (Å²) in [6.07, 6.45) is 3.59. The molecule has 3 atom stereocenters. The third-order valence-electron chi connectivity index (χ3n) is 3.06. The Bertz CT molecular complexity index is 147. The second kappa shape index (κ2) is 4.94. The van der Waals surface area contributed by atoms with Crippen molar-refractivity contribution in [3.8, 4) is 0 Å². The fourth-order valence-electron chi connectivity index (χ4n) is 1.72. The minimum atomic E-state index is 0.437. The van der Waals surface area contributed by atoms with Crippen molar-refractivity contribution in [2.75, 3.05) is 20.6 Å². The molecule has 0 spiro atoms. The second-order valence-electron chi connectivity index (χ2n) is 4.49. The molecule has 1 aliphatic rings. The van der Waals surface area contributed by atoms with Crippen LogP contribution in [0.25, 0.3) is 0 Å². The summed E-state index contributed by atoms with van der Waals surface area (Å²) in [7, 11) is 4.24. The average Bonchev–Trinajstić information content (AvgIpc) is 2.47. The van der Waals surface area contributed by atoms with Gasteiger partial charge in [0.2, 0.25) is 0 Å². The van der Waals surface area contributed by atoms with E-state index in [4.69, 9.17) is 5.73 Å². The predicted molar refractivity (Wildman–Crippen MR) is 56.8 cm³/mol. The highest BCUT2D eigenvalue weighted by molar-refractivity contribution is 4.83. The van der Waals surface area contributed by atoms with E-state index in [0.717, 1.165) is 13.0 Å². The Labute approximate surface area is 81.7 Å². The summed E-state index contributed by atoms with van der Waals surface area (Å²) in [5, 5.41) is 3.57. The van der Waals surface area contributed by atoms with Crippen molar-refractivity contribution in [2.24, 2.45) is 5.73 Å². The fraction of sp³-hybridized carbons (Fsp3) is 1.00. The van der Waals surface area contributed by atoms with Crippen molar-refractivity contribution in [2.45, 2.75) is 44.3 Å². The smallest absolute Gasteiger partial charge is 0.0186 e. The first-order valence-electron chi connectivity index (χ1n) is 5.25. The van der Waals surface area contributed by atoms with Gasteiger partial charge in [-0.15, -0.1) is 0 Å². The van der Waals surface area contributed by atoms with Crippen LogP contribution in [0.2, 0.25) is 0 Å². The Hall–Kier alpha value is -0.120. The number of nitrogens with two attached hydrogens (primary N) is 1. The number of nitrogens with zero attached hydrogens (tertiary/aromatic N) is 1. The van der Waals surface area contributed by atoms with Gasteiger partial charge in [0.1, 0.15) is 0 Å². The van der Waals surface area contributed by atoms with Gasteiger partial charge in [-0.3, -0.25) is 0 Å². The first-order valence-corrected chi connectivity index (χ1v) is 5.25. The minimum absolute atomic E-state index is 0.437. The quantitative estimate of drug-likeness (QED) is 0.666. The maximum absolute atomic E-state index is 5.84. The Morgan fingerprint density at radius 1 is 1.46 bits per heavy atom. The molecule has 0 aromatic heterocycles. The molecule has 0 bridgehead atoms. The monoisotopic (exact) mass is 185 g/mol. The first-order chi connectivity index (χ1) is 6.09. The lowest BCUT2D eigenvalue weighted by Gasteiger charge is -2.22. The van der Waals surface area contributed by atoms with E-state index in [9.17, 15) is 0 Å². The van der Waals surface area contributed by atoms with Crippen LogP contribution in [0.4, 0.5) is 0 Å². The zero-order valence-corrected chi connectivity index (χ0v) is 9.09. The molecule has 78 valence electrons. The van der Waals surface area contributed by atoms with Gasteiger partial charge in [0, 0.05) is 24.7 Å². The molecule has 0 aliphatic heterocycles. The van der Waals surface area contributed by atoms with Gasteiger partial charge in [-0.05, 0) is 40.3 Å². The summed E-state index contributed by atoms with van der Waals surface area (Å²) in [5.74, 6) is 0. The van der Waals surface area contributed by atoms with Crippen molar-refractivity contribution in [1.82, 2.24) is 10.2 Å². The van der Waals surface area contributed by atoms with Crippen LogP contribution in [0, 0.1) is 0 Å². The van der Waals surface area contributed by atoms with Crippen molar-refractivity contribution >= 4 is 0 Å². The van der Waals surface area contributed by atoms with E-state index in [1.54, 1.807) is 0 Å². The Morgan fingerprint density at radius 3 is 2.62 bits per heavy atom. The van der Waals surface area contributed by atoms with Crippen LogP contribution in [0.15, 0.2) is 0 Å². The highest BCUT2D eigenvalue weighted by atomic mass is 15.1. The van der Waals surface area contributed by atoms with E-state index in [1.807, 2.05) is 0 Å². The molecule has 13 heavy (non-hydrogen) atoms. The molecule has 3 nitrogen and oxygen atoms in total. The molecule has 0 radical (unpaired) electrons. The van der Waals surface area contributed by atoms with E-state index in [0.29, 0.717) is 18.1 Å². The zero-order chi connectivity index (χ0) is 9.84. The summed E-state index contributed by atoms with van der Waals surface area (Å²) in [6.45, 7) is 3.31. The number of nitrogens with one attached hydrogen (secondary N) is 1. The third-order valence-corrected chi connectivity index (χ3v) is 3.06. The lowest BCUT2D eigenvalue weighted by molar-refractivity contribution is 0.293. The summed E-state index contributed by atoms with van der Waals surface area (Å²) in [5.41, 5.74) is 5.84. The maximum Gasteiger partial charge on any atom is 0.0186 e. The summed E-state index contributed by atoms with van der Waals surface area (Å²) in [6, 6.07) is 1.71. The minimum Gasteiger partial charge on any atom is -0.328 e. The summed E-state index contributed by atoms with van der Waals surface area (Å²) < 4.78 is 0. The van der Waals surface area contributed by atoms with Gasteiger partial charge >= 0.3 is 0 Å². The summed E-state index contributed by atoms with van der Waals surface area (Å²) >= 11 is 0. The van der Waals surface area contributed by atoms with Crippen molar-refractivity contribution < 1.29 is 0 Å². The molecule has 1 aliphatic carbocycles. The fourth-order valence-corrected chi connectivity index (χ4v) is 1.72. The van der Waals surface area contributed by atoms with Gasteiger partial charge in [-0.25, -0.2) is 0 Å². The van der Waals surface area contributed by atoms with Gasteiger partial charge in [-0.2, -0.15) is 0 Å². The third kappa shape index (κ3) is 3.63. The van der Waals surface area contributed by atoms with Gasteiger partial charge in [-0.1, -0.05) is 0 Å². The lowest BCUT2D eigenvalue weighted by atomic mass is 10.2. The van der Waals surface area contributed by atoms with Crippen molar-refractivity contribution in [3.63, 3.8) is 0 Å². The topological polar surface area (TPSA) is 41.3 Å². The molecular weight excluding hydrogens is 162 g/mol. The highest BCUT2D eigenvalue weighted by Gasteiger charge is 2.21. The van der Waals surface area contributed by atoms with Crippen LogP contribution < -0.4 is 11.1 Å². The summed E-state index contributed by atoms with van der Waals surface area (Å²) in [4.78, 5) is 2.24. The van der Waals surface area contributed by atoms with Gasteiger partial charge in [0.25, 0.3) is 0 Å². The van der Waals surface area contributed by atoms with Gasteiger partial charge in [0.05, 0.1) is 0 Å². The van der Waals surface area contributed by atoms with Crippen LogP contribution in [-0.2, 0) is 0 Å². The standard InChI is InChI=1S/C10H23N3/c1-8(13(2)3)7-12-10-5-4-9(11)6-10/h8-10,12H,4-7,11H2,1-3H3. The molecule has 0 aromatic carbocycles. The molecule has 1 fully saturated rings. The molecule has 0 heterocycles. The SMILES string of the molecule is CC(CNC1CCC(N)C1)N(C)C. The molecule has 3 heteroatoms. The van der Waals surface area contributed by atoms with Crippen molar-refractivity contribution in [1.29, 1.82) is 0 Å². The molecule has 3 N–H and O–H groups in total. The van der Waals surface area contributed by atoms with E-state index in [1.165, 1.54) is 12.8 Å². The zero-order valence-electron chi connectivity index (χ0n) is 9.09. The highest BCUT2D eigenvalue weighted by Crippen LogP contribution is 2.16. The van der Waals surface area contributed by atoms with Crippen molar-refractivity contribution in [3.05, 3.63) is 0 Å². The van der Waals surface area contributed by atoms with E-state index in [2.05, 4.69) is 31.2 Å². The molecule has 0 saturated heterocycles. The van der Waals surface area contributed by atoms with Gasteiger partial charge < -0.3 is 16.0 Å². The predicted octanol–water partition coefficient (Wildman–Crippen LogP) is 0.406. The maximum atomic E-state index is 5.84. The van der Waals surface area contributed by atoms with Crippen LogP contribution in [-0.4, -0.2) is 43.7 Å². The molecular formula is C10H23N3. The number of hydrogen-bond donors (Lipinski definition) is 2. The van der Waals surface area contributed by atoms with Gasteiger partial charge in [0.15, 0.2) is 0 Å². The van der Waals surface area contributed by atoms with Crippen LogP contribution >= 0.6 is 0 Å². The lowest BCUT2D eigenvalue weighted by Crippen LogP contribution is -2.39. The van der Waals surface area contributed by atoms with E-state index in [-0.39, 0.29) is 0 Å². The molecule has 1 rings (SSSR count). The van der Waals surface area contributed by atoms with Crippen LogP contribution in [0.3, 0.4) is 0 Å². The number of rotatable bonds is 4. The van der Waals surface area contributed by atoms with Crippen LogP contribution in [0.5, 0.6) is 0 Å². The van der Waals surface area contributed by atoms with E-state index >= 15 is 0 Å². The Balaban J connectivity index is 2.12. The number of likely N-dealkylation sites (N-methyl/N-ethyl adjacent to an activating group) is 1. The molecule has 0 aromatic rings. The molecule has 3 unspecified atom stereocenters. The van der Waals surface area contributed by atoms with E-state index < -0.39 is 0 Å². The second-order valence-corrected chi connectivity index (χ2v) is 4.49. The Morgan fingerprint density at radius 2 is 2.15 bits per heavy atom.